The zero-order chi connectivity index (χ0) is 14.3. The highest BCUT2D eigenvalue weighted by molar-refractivity contribution is 5.79. The van der Waals surface area contributed by atoms with Crippen LogP contribution in [0.15, 0.2) is 0 Å². The van der Waals surface area contributed by atoms with Gasteiger partial charge in [0.1, 0.15) is 5.54 Å². The Morgan fingerprint density at radius 2 is 2.11 bits per heavy atom. The fraction of sp³-hybridized carbons (Fsp3) is 0.933. The van der Waals surface area contributed by atoms with E-state index in [1.165, 1.54) is 19.3 Å². The van der Waals surface area contributed by atoms with E-state index in [0.717, 1.165) is 18.8 Å². The third-order valence-electron chi connectivity index (χ3n) is 4.03. The van der Waals surface area contributed by atoms with Crippen molar-refractivity contribution in [3.63, 3.8) is 0 Å². The molecule has 4 heteroatoms. The van der Waals surface area contributed by atoms with Crippen LogP contribution in [0.2, 0.25) is 0 Å². The van der Waals surface area contributed by atoms with Gasteiger partial charge in [0.05, 0.1) is 12.7 Å². The molecule has 1 aliphatic rings. The molecule has 1 saturated carbocycles. The van der Waals surface area contributed by atoms with E-state index in [-0.39, 0.29) is 5.97 Å². The molecule has 0 aromatic carbocycles. The molecule has 0 radical (unpaired) electrons. The van der Waals surface area contributed by atoms with Crippen LogP contribution in [-0.2, 0) is 14.3 Å². The maximum Gasteiger partial charge on any atom is 0.325 e. The van der Waals surface area contributed by atoms with Crippen molar-refractivity contribution in [2.24, 2.45) is 11.7 Å². The maximum atomic E-state index is 11.6. The number of esters is 1. The van der Waals surface area contributed by atoms with Crippen molar-refractivity contribution < 1.29 is 14.3 Å². The van der Waals surface area contributed by atoms with Crippen LogP contribution in [0, 0.1) is 5.92 Å². The number of carbonyl (C=O) groups excluding carboxylic acids is 1. The largest absolute Gasteiger partial charge is 0.465 e. The van der Waals surface area contributed by atoms with E-state index in [2.05, 4.69) is 6.92 Å². The molecule has 1 aliphatic carbocycles. The molecule has 1 rings (SSSR count). The standard InChI is InChI=1S/C15H29NO3/c1-4-12-7-6-8-13(11-12)19-10-9-15(3,16)14(17)18-5-2/h12-13H,4-11,16H2,1-3H3. The van der Waals surface area contributed by atoms with Gasteiger partial charge in [-0.1, -0.05) is 26.2 Å². The first-order valence-corrected chi connectivity index (χ1v) is 7.57. The van der Waals surface area contributed by atoms with Crippen LogP contribution < -0.4 is 5.73 Å². The fourth-order valence-electron chi connectivity index (χ4n) is 2.60. The molecule has 4 nitrogen and oxygen atoms in total. The van der Waals surface area contributed by atoms with Gasteiger partial charge in [-0.3, -0.25) is 4.79 Å². The number of ether oxygens (including phenoxy) is 2. The SMILES string of the molecule is CCOC(=O)C(C)(N)CCOC1CCCC(CC)C1. The summed E-state index contributed by atoms with van der Waals surface area (Å²) >= 11 is 0. The normalized spacial score (nSPS) is 26.7. The second-order valence-corrected chi connectivity index (χ2v) is 5.82. The number of carbonyl (C=O) groups is 1. The highest BCUT2D eigenvalue weighted by Gasteiger charge is 2.30. The van der Waals surface area contributed by atoms with Crippen LogP contribution in [0.5, 0.6) is 0 Å². The molecule has 0 spiro atoms. The summed E-state index contributed by atoms with van der Waals surface area (Å²) in [5, 5.41) is 0. The first-order valence-electron chi connectivity index (χ1n) is 7.57. The van der Waals surface area contributed by atoms with Crippen molar-refractivity contribution >= 4 is 5.97 Å². The Morgan fingerprint density at radius 1 is 1.37 bits per heavy atom. The topological polar surface area (TPSA) is 61.5 Å². The van der Waals surface area contributed by atoms with Crippen molar-refractivity contribution in [3.05, 3.63) is 0 Å². The summed E-state index contributed by atoms with van der Waals surface area (Å²) < 4.78 is 10.9. The number of rotatable bonds is 7. The molecule has 0 aromatic heterocycles. The van der Waals surface area contributed by atoms with Gasteiger partial charge in [-0.05, 0) is 39.0 Å². The molecule has 0 aromatic rings. The average Bonchev–Trinajstić information content (AvgIpc) is 2.39. The molecular formula is C15H29NO3. The molecule has 3 atom stereocenters. The first kappa shape index (κ1) is 16.4. The minimum atomic E-state index is -0.936. The molecule has 1 fully saturated rings. The Hall–Kier alpha value is -0.610. The Kier molecular flexibility index (Phi) is 6.80. The van der Waals surface area contributed by atoms with E-state index in [4.69, 9.17) is 15.2 Å². The lowest BCUT2D eigenvalue weighted by Crippen LogP contribution is -2.47. The molecule has 19 heavy (non-hydrogen) atoms. The van der Waals surface area contributed by atoms with Crippen molar-refractivity contribution in [2.45, 2.75) is 70.9 Å². The van der Waals surface area contributed by atoms with Crippen LogP contribution >= 0.6 is 0 Å². The molecule has 112 valence electrons. The summed E-state index contributed by atoms with van der Waals surface area (Å²) in [4.78, 5) is 11.6. The minimum absolute atomic E-state index is 0.339. The Bertz CT molecular complexity index is 279. The molecule has 0 amide bonds. The van der Waals surface area contributed by atoms with Gasteiger partial charge in [-0.15, -0.1) is 0 Å². The van der Waals surface area contributed by atoms with Crippen molar-refractivity contribution in [1.29, 1.82) is 0 Å². The number of hydrogen-bond acceptors (Lipinski definition) is 4. The highest BCUT2D eigenvalue weighted by Crippen LogP contribution is 2.28. The predicted molar refractivity (Wildman–Crippen MR) is 75.8 cm³/mol. The van der Waals surface area contributed by atoms with Gasteiger partial charge in [-0.25, -0.2) is 0 Å². The van der Waals surface area contributed by atoms with Crippen LogP contribution in [-0.4, -0.2) is 30.8 Å². The lowest BCUT2D eigenvalue weighted by atomic mass is 9.85. The van der Waals surface area contributed by atoms with Gasteiger partial charge in [0.25, 0.3) is 0 Å². The van der Waals surface area contributed by atoms with E-state index in [1.54, 1.807) is 13.8 Å². The van der Waals surface area contributed by atoms with Gasteiger partial charge in [0, 0.05) is 6.61 Å². The number of hydrogen-bond donors (Lipinski definition) is 1. The number of nitrogens with two attached hydrogens (primary N) is 1. The Labute approximate surface area is 117 Å². The Balaban J connectivity index is 2.27. The summed E-state index contributed by atoms with van der Waals surface area (Å²) in [6.07, 6.45) is 6.95. The van der Waals surface area contributed by atoms with Gasteiger partial charge in [-0.2, -0.15) is 0 Å². The summed E-state index contributed by atoms with van der Waals surface area (Å²) in [6.45, 7) is 6.65. The van der Waals surface area contributed by atoms with Gasteiger partial charge >= 0.3 is 5.97 Å². The molecule has 3 unspecified atom stereocenters. The van der Waals surface area contributed by atoms with Crippen molar-refractivity contribution in [3.8, 4) is 0 Å². The van der Waals surface area contributed by atoms with E-state index < -0.39 is 5.54 Å². The zero-order valence-corrected chi connectivity index (χ0v) is 12.6. The lowest BCUT2D eigenvalue weighted by Gasteiger charge is -2.29. The van der Waals surface area contributed by atoms with Crippen molar-refractivity contribution in [2.75, 3.05) is 13.2 Å². The summed E-state index contributed by atoms with van der Waals surface area (Å²) in [5.74, 6) is 0.460. The predicted octanol–water partition coefficient (Wildman–Crippen LogP) is 2.64. The third kappa shape index (κ3) is 5.49. The van der Waals surface area contributed by atoms with Crippen LogP contribution in [0.4, 0.5) is 0 Å². The zero-order valence-electron chi connectivity index (χ0n) is 12.6. The monoisotopic (exact) mass is 271 g/mol. The molecule has 0 heterocycles. The highest BCUT2D eigenvalue weighted by atomic mass is 16.5. The summed E-state index contributed by atoms with van der Waals surface area (Å²) in [6, 6.07) is 0. The quantitative estimate of drug-likeness (QED) is 0.723. The smallest absolute Gasteiger partial charge is 0.325 e. The molecule has 0 aliphatic heterocycles. The average molecular weight is 271 g/mol. The maximum absolute atomic E-state index is 11.6. The first-order chi connectivity index (χ1) is 8.99. The van der Waals surface area contributed by atoms with E-state index in [0.29, 0.717) is 25.7 Å². The van der Waals surface area contributed by atoms with Crippen LogP contribution in [0.25, 0.3) is 0 Å². The third-order valence-corrected chi connectivity index (χ3v) is 4.03. The van der Waals surface area contributed by atoms with Gasteiger partial charge in [0.2, 0.25) is 0 Å². The molecule has 0 bridgehead atoms. The lowest BCUT2D eigenvalue weighted by molar-refractivity contribution is -0.150. The minimum Gasteiger partial charge on any atom is -0.465 e. The van der Waals surface area contributed by atoms with Crippen LogP contribution in [0.1, 0.15) is 59.3 Å². The van der Waals surface area contributed by atoms with Gasteiger partial charge < -0.3 is 15.2 Å². The molecule has 2 N–H and O–H groups in total. The second-order valence-electron chi connectivity index (χ2n) is 5.82. The molecule has 0 saturated heterocycles. The van der Waals surface area contributed by atoms with Crippen LogP contribution in [0.3, 0.4) is 0 Å². The van der Waals surface area contributed by atoms with E-state index >= 15 is 0 Å². The Morgan fingerprint density at radius 3 is 2.74 bits per heavy atom. The second kappa shape index (κ2) is 7.85. The summed E-state index contributed by atoms with van der Waals surface area (Å²) in [5.41, 5.74) is 5.03. The van der Waals surface area contributed by atoms with Crippen molar-refractivity contribution in [1.82, 2.24) is 0 Å². The molecular weight excluding hydrogens is 242 g/mol. The summed E-state index contributed by atoms with van der Waals surface area (Å²) in [7, 11) is 0. The van der Waals surface area contributed by atoms with E-state index in [9.17, 15) is 4.79 Å². The van der Waals surface area contributed by atoms with E-state index in [1.807, 2.05) is 0 Å². The van der Waals surface area contributed by atoms with Gasteiger partial charge in [0.15, 0.2) is 0 Å². The fourth-order valence-corrected chi connectivity index (χ4v) is 2.60.